The second-order valence-corrected chi connectivity index (χ2v) is 1.44. The van der Waals surface area contributed by atoms with Gasteiger partial charge in [-0.1, -0.05) is 29.7 Å². The van der Waals surface area contributed by atoms with Gasteiger partial charge < -0.3 is 46.3 Å². The van der Waals surface area contributed by atoms with Gasteiger partial charge in [-0.2, -0.15) is 0 Å². The van der Waals surface area contributed by atoms with E-state index in [0.29, 0.717) is 0 Å². The number of carbonyl (C=O) groups is 2. The van der Waals surface area contributed by atoms with E-state index in [2.05, 4.69) is 36.7 Å². The average Bonchev–Trinajstić information content (AvgIpc) is 1.25. The van der Waals surface area contributed by atoms with Gasteiger partial charge in [0.1, 0.15) is 0 Å². The van der Waals surface area contributed by atoms with E-state index < -0.39 is 10.5 Å². The van der Waals surface area contributed by atoms with E-state index in [4.69, 9.17) is 9.59 Å². The Labute approximate surface area is 106 Å². The standard InChI is InChI=1S/2CH3NOS.4CH4.Zn/c2*2-1(3)4;;;;;/h2*(H3,2,3,4);4*1H4;/q;;;;;;+2/p-2. The second kappa shape index (κ2) is 40.3. The molecule has 0 heterocycles. The van der Waals surface area contributed by atoms with Crippen LogP contribution >= 0.6 is 0 Å². The first kappa shape index (κ1) is 52.0. The average molecular weight is 282 g/mol. The Balaban J connectivity index is -0.00000000800. The fourth-order valence-corrected chi connectivity index (χ4v) is 0. The summed E-state index contributed by atoms with van der Waals surface area (Å²) in [5.74, 6) is 0. The van der Waals surface area contributed by atoms with Crippen LogP contribution in [0.25, 0.3) is 0 Å². The molecule has 0 bridgehead atoms. The predicted molar refractivity (Wildman–Crippen MR) is 60.8 cm³/mol. The van der Waals surface area contributed by atoms with Crippen molar-refractivity contribution in [2.45, 2.75) is 29.7 Å². The van der Waals surface area contributed by atoms with Gasteiger partial charge in [-0.25, -0.2) is 0 Å². The fraction of sp³-hybridized carbons (Fsp3) is 0.667. The Morgan fingerprint density at radius 2 is 0.769 bits per heavy atom. The van der Waals surface area contributed by atoms with Crippen molar-refractivity contribution in [1.29, 1.82) is 0 Å². The fourth-order valence-electron chi connectivity index (χ4n) is 0. The van der Waals surface area contributed by atoms with Crippen LogP contribution < -0.4 is 11.5 Å². The number of rotatable bonds is 0. The molecule has 0 fully saturated rings. The first-order valence-electron chi connectivity index (χ1n) is 1.39. The van der Waals surface area contributed by atoms with Crippen molar-refractivity contribution in [3.05, 3.63) is 0 Å². The van der Waals surface area contributed by atoms with Crippen LogP contribution in [0.1, 0.15) is 29.7 Å². The Bertz CT molecular complexity index is 84.6. The van der Waals surface area contributed by atoms with E-state index in [0.717, 1.165) is 0 Å². The van der Waals surface area contributed by atoms with Crippen LogP contribution in [0.15, 0.2) is 0 Å². The summed E-state index contributed by atoms with van der Waals surface area (Å²) in [7, 11) is 0. The summed E-state index contributed by atoms with van der Waals surface area (Å²) in [4.78, 5) is 18.1. The number of amides is 2. The van der Waals surface area contributed by atoms with Crippen LogP contribution in [-0.2, 0) is 44.7 Å². The molecule has 0 unspecified atom stereocenters. The van der Waals surface area contributed by atoms with Gasteiger partial charge in [-0.15, -0.1) is 0 Å². The molecule has 0 aliphatic carbocycles. The predicted octanol–water partition coefficient (Wildman–Crippen LogP) is 1.77. The molecule has 0 spiro atoms. The third-order valence-corrected chi connectivity index (χ3v) is 0. The van der Waals surface area contributed by atoms with Gasteiger partial charge >= 0.3 is 19.5 Å². The van der Waals surface area contributed by atoms with Crippen molar-refractivity contribution < 1.29 is 29.1 Å². The molecule has 4 N–H and O–H groups in total. The van der Waals surface area contributed by atoms with Gasteiger partial charge in [0.15, 0.2) is 0 Å². The van der Waals surface area contributed by atoms with Crippen LogP contribution in [0.3, 0.4) is 0 Å². The summed E-state index contributed by atoms with van der Waals surface area (Å²) >= 11 is 7.52. The molecule has 0 saturated heterocycles. The number of hydrogen-bond donors (Lipinski definition) is 2. The van der Waals surface area contributed by atoms with E-state index in [1.165, 1.54) is 0 Å². The van der Waals surface area contributed by atoms with Crippen LogP contribution in [0.2, 0.25) is 0 Å². The van der Waals surface area contributed by atoms with Crippen LogP contribution in [0, 0.1) is 0 Å². The maximum atomic E-state index is 9.04. The Morgan fingerprint density at radius 3 is 0.769 bits per heavy atom. The topological polar surface area (TPSA) is 86.2 Å². The van der Waals surface area contributed by atoms with Gasteiger partial charge in [0.25, 0.3) is 0 Å². The van der Waals surface area contributed by atoms with Crippen molar-refractivity contribution >= 4 is 35.7 Å². The zero-order chi connectivity index (χ0) is 7.15. The van der Waals surface area contributed by atoms with Crippen molar-refractivity contribution in [2.24, 2.45) is 11.5 Å². The molecule has 13 heavy (non-hydrogen) atoms. The van der Waals surface area contributed by atoms with Crippen molar-refractivity contribution in [3.63, 3.8) is 0 Å². The summed E-state index contributed by atoms with van der Waals surface area (Å²) in [6, 6.07) is 0. The summed E-state index contributed by atoms with van der Waals surface area (Å²) in [6.45, 7) is 0. The number of nitrogens with two attached hydrogens (primary N) is 2. The smallest absolute Gasteiger partial charge is 0.719 e. The number of carbonyl (C=O) groups excluding carboxylic acids is 2. The van der Waals surface area contributed by atoms with Crippen molar-refractivity contribution in [2.75, 3.05) is 0 Å². The third-order valence-electron chi connectivity index (χ3n) is 0. The largest absolute Gasteiger partial charge is 2.00 e. The minimum absolute atomic E-state index is 0. The Morgan fingerprint density at radius 1 is 0.769 bits per heavy atom. The molecule has 0 atom stereocenters. The Hall–Kier alpha value is 0.00338. The molecule has 0 aromatic carbocycles. The second-order valence-electron chi connectivity index (χ2n) is 0.638. The van der Waals surface area contributed by atoms with E-state index in [1.54, 1.807) is 0 Å². The molecule has 4 nitrogen and oxygen atoms in total. The molecule has 2 amide bonds. The third kappa shape index (κ3) is 105000000. The monoisotopic (exact) mass is 280 g/mol. The number of hydrogen-bond acceptors (Lipinski definition) is 4. The molecular formula is C6H20N2O2S2Zn. The van der Waals surface area contributed by atoms with Crippen LogP contribution in [0.5, 0.6) is 0 Å². The molecule has 80 valence electrons. The normalized spacial score (nSPS) is 3.69. The van der Waals surface area contributed by atoms with E-state index in [9.17, 15) is 0 Å². The zero-order valence-corrected chi connectivity index (χ0v) is 9.09. The van der Waals surface area contributed by atoms with Crippen LogP contribution in [-0.4, -0.2) is 10.5 Å². The molecule has 7 heteroatoms. The van der Waals surface area contributed by atoms with Crippen molar-refractivity contribution in [3.8, 4) is 0 Å². The summed E-state index contributed by atoms with van der Waals surface area (Å²) in [5, 5.41) is -1.50. The van der Waals surface area contributed by atoms with Gasteiger partial charge in [-0.3, -0.25) is 0 Å². The van der Waals surface area contributed by atoms with Gasteiger partial charge in [0.2, 0.25) is 0 Å². The zero-order valence-electron chi connectivity index (χ0n) is 4.49. The summed E-state index contributed by atoms with van der Waals surface area (Å²) < 4.78 is 0. The van der Waals surface area contributed by atoms with E-state index in [1.807, 2.05) is 0 Å². The SMILES string of the molecule is C.C.C.C.NC(=O)[S-].NC(=O)[S-].[Zn+2]. The van der Waals surface area contributed by atoms with Crippen LogP contribution in [0.4, 0.5) is 9.59 Å². The summed E-state index contributed by atoms with van der Waals surface area (Å²) in [6.07, 6.45) is 0. The molecule has 0 aliphatic heterocycles. The molecule has 0 radical (unpaired) electrons. The van der Waals surface area contributed by atoms with E-state index in [-0.39, 0.29) is 49.2 Å². The Kier molecular flexibility index (Phi) is 161. The van der Waals surface area contributed by atoms with Gasteiger partial charge in [0.05, 0.1) is 10.5 Å². The maximum absolute atomic E-state index is 9.04. The van der Waals surface area contributed by atoms with Gasteiger partial charge in [0, 0.05) is 0 Å². The molecule has 0 rings (SSSR count). The van der Waals surface area contributed by atoms with Crippen molar-refractivity contribution in [1.82, 2.24) is 0 Å². The summed E-state index contributed by atoms with van der Waals surface area (Å²) in [5.41, 5.74) is 8.57. The molecule has 0 aromatic heterocycles. The minimum Gasteiger partial charge on any atom is -0.719 e. The first-order valence-corrected chi connectivity index (χ1v) is 2.21. The molecule has 0 saturated carbocycles. The molecule has 0 aliphatic rings. The maximum Gasteiger partial charge on any atom is 2.00 e. The molecular weight excluding hydrogens is 262 g/mol. The quantitative estimate of drug-likeness (QED) is 0.523. The van der Waals surface area contributed by atoms with Gasteiger partial charge in [-0.05, 0) is 0 Å². The number of primary amides is 2. The molecule has 0 aromatic rings. The van der Waals surface area contributed by atoms with E-state index >= 15 is 0 Å². The first-order chi connectivity index (χ1) is 3.46. The minimum atomic E-state index is -0.750.